The zero-order valence-electron chi connectivity index (χ0n) is 24.8. The van der Waals surface area contributed by atoms with E-state index in [0.717, 1.165) is 85.1 Å². The highest BCUT2D eigenvalue weighted by Crippen LogP contribution is 2.50. The third kappa shape index (κ3) is 4.87. The number of amides is 2. The van der Waals surface area contributed by atoms with E-state index in [1.165, 1.54) is 5.56 Å². The first-order valence-corrected chi connectivity index (χ1v) is 14.4. The van der Waals surface area contributed by atoms with Crippen molar-refractivity contribution < 1.29 is 23.7 Å². The molecule has 8 heteroatoms. The van der Waals surface area contributed by atoms with Crippen LogP contribution in [0.4, 0.5) is 4.79 Å². The summed E-state index contributed by atoms with van der Waals surface area (Å²) in [4.78, 5) is 20.6. The first-order chi connectivity index (χ1) is 19.4. The molecule has 1 atom stereocenters. The van der Waals surface area contributed by atoms with Gasteiger partial charge >= 0.3 is 6.03 Å². The lowest BCUT2D eigenvalue weighted by molar-refractivity contribution is 0.0887. The molecule has 0 N–H and O–H groups in total. The molecule has 1 unspecified atom stereocenters. The summed E-state index contributed by atoms with van der Waals surface area (Å²) in [5.74, 6) is 3.36. The van der Waals surface area contributed by atoms with Gasteiger partial charge in [-0.15, -0.1) is 0 Å². The van der Waals surface area contributed by atoms with E-state index in [-0.39, 0.29) is 17.5 Å². The maximum atomic E-state index is 14.0. The number of fused-ring (bicyclic) bond motifs is 3. The third-order valence-corrected chi connectivity index (χ3v) is 8.88. The Bertz CT molecular complexity index is 1250. The predicted octanol–water partition coefficient (Wildman–Crippen LogP) is 5.79. The molecule has 0 bridgehead atoms. The fourth-order valence-corrected chi connectivity index (χ4v) is 6.96. The van der Waals surface area contributed by atoms with Gasteiger partial charge in [-0.3, -0.25) is 9.80 Å². The average Bonchev–Trinajstić information content (AvgIpc) is 3.08. The van der Waals surface area contributed by atoms with Crippen molar-refractivity contribution in [1.29, 1.82) is 0 Å². The molecule has 216 valence electrons. The maximum Gasteiger partial charge on any atom is 0.325 e. The minimum Gasteiger partial charge on any atom is -0.497 e. The predicted molar refractivity (Wildman–Crippen MR) is 155 cm³/mol. The molecule has 5 rings (SSSR count). The van der Waals surface area contributed by atoms with Gasteiger partial charge in [-0.1, -0.05) is 19.4 Å². The van der Waals surface area contributed by atoms with Crippen molar-refractivity contribution in [2.75, 3.05) is 48.1 Å². The second-order valence-electron chi connectivity index (χ2n) is 11.0. The number of benzene rings is 2. The number of hydrogen-bond acceptors (Lipinski definition) is 6. The Balaban J connectivity index is 1.47. The van der Waals surface area contributed by atoms with Crippen LogP contribution in [0.15, 0.2) is 42.1 Å². The normalized spacial score (nSPS) is 20.1. The number of nitrogens with zero attached hydrogens (tertiary/aromatic N) is 3. The van der Waals surface area contributed by atoms with Crippen LogP contribution >= 0.6 is 0 Å². The fourth-order valence-electron chi connectivity index (χ4n) is 6.96. The number of carbonyl (C=O) groups excluding carboxylic acids is 1. The van der Waals surface area contributed by atoms with Gasteiger partial charge < -0.3 is 23.8 Å². The molecular weight excluding hydrogens is 506 g/mol. The fraction of sp³-hybridized carbons (Fsp3) is 0.531. The van der Waals surface area contributed by atoms with Gasteiger partial charge in [0.25, 0.3) is 0 Å². The van der Waals surface area contributed by atoms with Gasteiger partial charge in [-0.05, 0) is 55.5 Å². The standard InChI is InChI=1S/C32H43N3O5/c1-7-9-23-17-29-32(10-12-33(13-11-32)20-22-14-25(37-3)18-26(15-22)38-4)35(8-2)31(36)34(29)21-24-16-27(39-5)19-28(40-6)30(23)24/h14-19,23H,7-13,20-21H2,1-6H3. The van der Waals surface area contributed by atoms with E-state index in [0.29, 0.717) is 13.1 Å². The summed E-state index contributed by atoms with van der Waals surface area (Å²) in [5.41, 5.74) is 4.31. The summed E-state index contributed by atoms with van der Waals surface area (Å²) in [6.07, 6.45) is 6.21. The smallest absolute Gasteiger partial charge is 0.325 e. The number of likely N-dealkylation sites (tertiary alicyclic amines) is 1. The van der Waals surface area contributed by atoms with E-state index in [9.17, 15) is 4.79 Å². The molecule has 8 nitrogen and oxygen atoms in total. The second kappa shape index (κ2) is 11.6. The molecular formula is C32H43N3O5. The summed E-state index contributed by atoms with van der Waals surface area (Å²) >= 11 is 0. The SMILES string of the molecule is CCCC1C=C2N(Cc3cc(OC)cc(OC)c31)C(=O)N(CC)C21CCN(Cc2cc(OC)cc(OC)c2)CC1. The van der Waals surface area contributed by atoms with Crippen LogP contribution < -0.4 is 18.9 Å². The Morgan fingerprint density at radius 3 is 2.10 bits per heavy atom. The van der Waals surface area contributed by atoms with Crippen molar-refractivity contribution in [3.63, 3.8) is 0 Å². The molecule has 0 radical (unpaired) electrons. The molecule has 0 saturated carbocycles. The van der Waals surface area contributed by atoms with Gasteiger partial charge in [0.05, 0.1) is 40.5 Å². The zero-order chi connectivity index (χ0) is 28.4. The Kier molecular flexibility index (Phi) is 8.17. The Morgan fingerprint density at radius 1 is 0.875 bits per heavy atom. The number of likely N-dealkylation sites (N-methyl/N-ethyl adjacent to an activating group) is 1. The van der Waals surface area contributed by atoms with Gasteiger partial charge in [-0.2, -0.15) is 0 Å². The zero-order valence-corrected chi connectivity index (χ0v) is 24.8. The van der Waals surface area contributed by atoms with Crippen LogP contribution in [-0.4, -0.2) is 74.3 Å². The van der Waals surface area contributed by atoms with E-state index in [2.05, 4.69) is 47.9 Å². The summed E-state index contributed by atoms with van der Waals surface area (Å²) < 4.78 is 22.5. The quantitative estimate of drug-likeness (QED) is 0.394. The van der Waals surface area contributed by atoms with Crippen LogP contribution in [-0.2, 0) is 13.1 Å². The number of urea groups is 1. The first-order valence-electron chi connectivity index (χ1n) is 14.4. The van der Waals surface area contributed by atoms with Crippen LogP contribution in [0.25, 0.3) is 0 Å². The van der Waals surface area contributed by atoms with E-state index < -0.39 is 0 Å². The van der Waals surface area contributed by atoms with Gasteiger partial charge in [-0.25, -0.2) is 4.79 Å². The number of carbonyl (C=O) groups is 1. The highest BCUT2D eigenvalue weighted by molar-refractivity contribution is 5.83. The van der Waals surface area contributed by atoms with E-state index in [1.807, 2.05) is 17.0 Å². The number of piperidine rings is 1. The van der Waals surface area contributed by atoms with Gasteiger partial charge in [0, 0.05) is 55.5 Å². The lowest BCUT2D eigenvalue weighted by Gasteiger charge is -2.44. The van der Waals surface area contributed by atoms with Gasteiger partial charge in [0.15, 0.2) is 0 Å². The van der Waals surface area contributed by atoms with Crippen molar-refractivity contribution in [2.45, 2.75) is 64.1 Å². The monoisotopic (exact) mass is 549 g/mol. The summed E-state index contributed by atoms with van der Waals surface area (Å²) in [6.45, 7) is 8.15. The van der Waals surface area contributed by atoms with Crippen molar-refractivity contribution in [3.05, 3.63) is 58.8 Å². The van der Waals surface area contributed by atoms with Crippen LogP contribution in [0.3, 0.4) is 0 Å². The maximum absolute atomic E-state index is 14.0. The Labute approximate surface area is 238 Å². The average molecular weight is 550 g/mol. The van der Waals surface area contributed by atoms with Gasteiger partial charge in [0.1, 0.15) is 23.0 Å². The molecule has 0 aliphatic carbocycles. The van der Waals surface area contributed by atoms with E-state index in [4.69, 9.17) is 18.9 Å². The lowest BCUT2D eigenvalue weighted by Crippen LogP contribution is -2.53. The van der Waals surface area contributed by atoms with Crippen molar-refractivity contribution in [1.82, 2.24) is 14.7 Å². The summed E-state index contributed by atoms with van der Waals surface area (Å²) in [5, 5.41) is 0. The number of allylic oxidation sites excluding steroid dienone is 1. The highest BCUT2D eigenvalue weighted by Gasteiger charge is 2.55. The van der Waals surface area contributed by atoms with Crippen LogP contribution in [0.2, 0.25) is 0 Å². The molecule has 0 aromatic heterocycles. The van der Waals surface area contributed by atoms with E-state index in [1.54, 1.807) is 28.4 Å². The Hall–Kier alpha value is -3.39. The number of methoxy groups -OCH3 is 4. The van der Waals surface area contributed by atoms with Crippen LogP contribution in [0.5, 0.6) is 23.0 Å². The minimum atomic E-state index is -0.306. The number of hydrogen-bond donors (Lipinski definition) is 0. The first kappa shape index (κ1) is 28.1. The molecule has 2 fully saturated rings. The lowest BCUT2D eigenvalue weighted by atomic mass is 9.81. The molecule has 1 spiro atoms. The van der Waals surface area contributed by atoms with Crippen molar-refractivity contribution in [2.24, 2.45) is 0 Å². The number of rotatable bonds is 9. The highest BCUT2D eigenvalue weighted by atomic mass is 16.5. The summed E-state index contributed by atoms with van der Waals surface area (Å²) in [7, 11) is 6.76. The van der Waals surface area contributed by atoms with Crippen LogP contribution in [0.1, 0.15) is 62.1 Å². The molecule has 2 aromatic rings. The van der Waals surface area contributed by atoms with Crippen molar-refractivity contribution in [3.8, 4) is 23.0 Å². The minimum absolute atomic E-state index is 0.101. The molecule has 3 aliphatic rings. The second-order valence-corrected chi connectivity index (χ2v) is 11.0. The molecule has 2 amide bonds. The summed E-state index contributed by atoms with van der Waals surface area (Å²) in [6, 6.07) is 10.2. The van der Waals surface area contributed by atoms with E-state index >= 15 is 0 Å². The molecule has 40 heavy (non-hydrogen) atoms. The molecule has 3 heterocycles. The number of ether oxygens (including phenoxy) is 4. The third-order valence-electron chi connectivity index (χ3n) is 8.88. The van der Waals surface area contributed by atoms with Crippen molar-refractivity contribution >= 4 is 6.03 Å². The van der Waals surface area contributed by atoms with Crippen LogP contribution in [0, 0.1) is 0 Å². The molecule has 2 aromatic carbocycles. The molecule has 3 aliphatic heterocycles. The topological polar surface area (TPSA) is 63.7 Å². The largest absolute Gasteiger partial charge is 0.497 e. The Morgan fingerprint density at radius 2 is 1.52 bits per heavy atom. The molecule has 2 saturated heterocycles. The van der Waals surface area contributed by atoms with Gasteiger partial charge in [0.2, 0.25) is 0 Å².